The number of ether oxygens (including phenoxy) is 1. The molecule has 0 atom stereocenters. The van der Waals surface area contributed by atoms with E-state index < -0.39 is 0 Å². The SMILES string of the molecule is CCCCCCCCCCCCCCCC(CC)CC.CCOC=O. The van der Waals surface area contributed by atoms with E-state index in [9.17, 15) is 4.79 Å². The molecule has 25 heavy (non-hydrogen) atoms. The van der Waals surface area contributed by atoms with Crippen molar-refractivity contribution in [2.75, 3.05) is 6.61 Å². The minimum atomic E-state index is 0.431. The molecule has 0 aromatic rings. The van der Waals surface area contributed by atoms with Crippen molar-refractivity contribution in [3.05, 3.63) is 0 Å². The topological polar surface area (TPSA) is 26.3 Å². The van der Waals surface area contributed by atoms with Crippen molar-refractivity contribution in [3.8, 4) is 0 Å². The van der Waals surface area contributed by atoms with Crippen LogP contribution in [0.15, 0.2) is 0 Å². The summed E-state index contributed by atoms with van der Waals surface area (Å²) in [4.78, 5) is 9.18. The molecule has 0 heterocycles. The van der Waals surface area contributed by atoms with E-state index >= 15 is 0 Å². The van der Waals surface area contributed by atoms with Crippen LogP contribution in [0.25, 0.3) is 0 Å². The Morgan fingerprint density at radius 2 is 1.04 bits per heavy atom. The quantitative estimate of drug-likeness (QED) is 0.183. The van der Waals surface area contributed by atoms with Gasteiger partial charge < -0.3 is 4.74 Å². The van der Waals surface area contributed by atoms with Crippen molar-refractivity contribution in [1.29, 1.82) is 0 Å². The molecule has 152 valence electrons. The smallest absolute Gasteiger partial charge is 0.293 e. The molecule has 0 rings (SSSR count). The molecule has 0 saturated carbocycles. The van der Waals surface area contributed by atoms with Gasteiger partial charge in [-0.2, -0.15) is 0 Å². The first kappa shape index (κ1) is 26.7. The summed E-state index contributed by atoms with van der Waals surface area (Å²) in [6.07, 6.45) is 23.3. The highest BCUT2D eigenvalue weighted by Gasteiger charge is 2.02. The number of carbonyl (C=O) groups is 1. The number of unbranched alkanes of at least 4 members (excludes halogenated alkanes) is 12. The fraction of sp³-hybridized carbons (Fsp3) is 0.957. The highest BCUT2D eigenvalue weighted by Crippen LogP contribution is 2.18. The monoisotopic (exact) mass is 356 g/mol. The summed E-state index contributed by atoms with van der Waals surface area (Å²) < 4.78 is 4.15. The van der Waals surface area contributed by atoms with Gasteiger partial charge in [-0.25, -0.2) is 0 Å². The summed E-state index contributed by atoms with van der Waals surface area (Å²) in [7, 11) is 0. The van der Waals surface area contributed by atoms with Crippen LogP contribution in [-0.4, -0.2) is 13.1 Å². The molecule has 0 bridgehead atoms. The summed E-state index contributed by atoms with van der Waals surface area (Å²) in [6, 6.07) is 0. The maximum absolute atomic E-state index is 9.18. The maximum Gasteiger partial charge on any atom is 0.293 e. The minimum Gasteiger partial charge on any atom is -0.468 e. The van der Waals surface area contributed by atoms with Crippen molar-refractivity contribution >= 4 is 6.47 Å². The highest BCUT2D eigenvalue weighted by molar-refractivity contribution is 5.36. The van der Waals surface area contributed by atoms with Crippen LogP contribution in [-0.2, 0) is 9.53 Å². The Bertz CT molecular complexity index is 224. The molecule has 0 aliphatic carbocycles. The second-order valence-electron chi connectivity index (χ2n) is 7.27. The highest BCUT2D eigenvalue weighted by atomic mass is 16.5. The number of hydrogen-bond donors (Lipinski definition) is 0. The maximum atomic E-state index is 9.18. The van der Waals surface area contributed by atoms with E-state index in [-0.39, 0.29) is 0 Å². The van der Waals surface area contributed by atoms with Gasteiger partial charge in [0.1, 0.15) is 0 Å². The molecule has 0 saturated heterocycles. The van der Waals surface area contributed by atoms with Crippen LogP contribution in [0.3, 0.4) is 0 Å². The third kappa shape index (κ3) is 25.8. The Labute approximate surface area is 159 Å². The van der Waals surface area contributed by atoms with Crippen molar-refractivity contribution in [2.24, 2.45) is 5.92 Å². The van der Waals surface area contributed by atoms with Gasteiger partial charge in [0, 0.05) is 0 Å². The van der Waals surface area contributed by atoms with Crippen molar-refractivity contribution in [2.45, 2.75) is 130 Å². The lowest BCUT2D eigenvalue weighted by Crippen LogP contribution is -1.96. The summed E-state index contributed by atoms with van der Waals surface area (Å²) in [5.74, 6) is 1.00. The molecule has 0 amide bonds. The zero-order valence-corrected chi connectivity index (χ0v) is 18.0. The summed E-state index contributed by atoms with van der Waals surface area (Å²) in [5.41, 5.74) is 0. The minimum absolute atomic E-state index is 0.431. The third-order valence-corrected chi connectivity index (χ3v) is 5.11. The Hall–Kier alpha value is -0.530. The molecule has 0 radical (unpaired) electrons. The first-order valence-corrected chi connectivity index (χ1v) is 11.3. The van der Waals surface area contributed by atoms with Crippen molar-refractivity contribution in [1.82, 2.24) is 0 Å². The summed E-state index contributed by atoms with van der Waals surface area (Å²) >= 11 is 0. The van der Waals surface area contributed by atoms with E-state index in [2.05, 4.69) is 25.5 Å². The number of rotatable bonds is 18. The van der Waals surface area contributed by atoms with E-state index in [0.717, 1.165) is 5.92 Å². The molecule has 2 nitrogen and oxygen atoms in total. The summed E-state index contributed by atoms with van der Waals surface area (Å²) in [6.45, 7) is 9.65. The Morgan fingerprint density at radius 3 is 1.32 bits per heavy atom. The molecular weight excluding hydrogens is 308 g/mol. The number of carbonyl (C=O) groups excluding carboxylic acids is 1. The molecule has 0 N–H and O–H groups in total. The Kier molecular flexibility index (Phi) is 27.5. The zero-order valence-electron chi connectivity index (χ0n) is 18.0. The molecule has 0 spiro atoms. The van der Waals surface area contributed by atoms with Crippen molar-refractivity contribution < 1.29 is 9.53 Å². The van der Waals surface area contributed by atoms with E-state index in [4.69, 9.17) is 0 Å². The molecule has 0 aliphatic rings. The zero-order chi connectivity index (χ0) is 19.0. The van der Waals surface area contributed by atoms with Crippen LogP contribution >= 0.6 is 0 Å². The van der Waals surface area contributed by atoms with Gasteiger partial charge in [0.25, 0.3) is 6.47 Å². The van der Waals surface area contributed by atoms with Crippen molar-refractivity contribution in [3.63, 3.8) is 0 Å². The average Bonchev–Trinajstić information content (AvgIpc) is 2.63. The fourth-order valence-corrected chi connectivity index (χ4v) is 3.22. The largest absolute Gasteiger partial charge is 0.468 e. The van der Waals surface area contributed by atoms with Gasteiger partial charge in [0.2, 0.25) is 0 Å². The van der Waals surface area contributed by atoms with Gasteiger partial charge in [-0.15, -0.1) is 0 Å². The second kappa shape index (κ2) is 25.7. The van der Waals surface area contributed by atoms with Gasteiger partial charge in [-0.1, -0.05) is 124 Å². The van der Waals surface area contributed by atoms with Crippen LogP contribution in [0.4, 0.5) is 0 Å². The predicted octanol–water partition coefficient (Wildman–Crippen LogP) is 8.08. The van der Waals surface area contributed by atoms with Gasteiger partial charge in [0.15, 0.2) is 0 Å². The van der Waals surface area contributed by atoms with Crippen LogP contribution in [0.5, 0.6) is 0 Å². The van der Waals surface area contributed by atoms with Crippen LogP contribution in [0.1, 0.15) is 130 Å². The van der Waals surface area contributed by atoms with Gasteiger partial charge in [-0.3, -0.25) is 4.79 Å². The lowest BCUT2D eigenvalue weighted by Gasteiger charge is -2.11. The molecule has 0 unspecified atom stereocenters. The first-order chi connectivity index (χ1) is 12.3. The van der Waals surface area contributed by atoms with Crippen LogP contribution < -0.4 is 0 Å². The molecule has 2 heteroatoms. The molecule has 0 aliphatic heterocycles. The normalized spacial score (nSPS) is 10.4. The first-order valence-electron chi connectivity index (χ1n) is 11.3. The standard InChI is InChI=1S/C20H42.C3H6O2/c1-4-7-8-9-10-11-12-13-14-15-16-17-18-19-20(5-2)6-3;1-2-5-3-4/h20H,4-19H2,1-3H3;3H,2H2,1H3. The van der Waals surface area contributed by atoms with E-state index in [1.165, 1.54) is 103 Å². The fourth-order valence-electron chi connectivity index (χ4n) is 3.22. The van der Waals surface area contributed by atoms with Crippen LogP contribution in [0, 0.1) is 5.92 Å². The van der Waals surface area contributed by atoms with Gasteiger partial charge >= 0.3 is 0 Å². The van der Waals surface area contributed by atoms with E-state index in [1.807, 2.05) is 0 Å². The third-order valence-electron chi connectivity index (χ3n) is 5.11. The van der Waals surface area contributed by atoms with E-state index in [0.29, 0.717) is 13.1 Å². The number of hydrogen-bond acceptors (Lipinski definition) is 2. The predicted molar refractivity (Wildman–Crippen MR) is 112 cm³/mol. The van der Waals surface area contributed by atoms with Crippen LogP contribution in [0.2, 0.25) is 0 Å². The summed E-state index contributed by atoms with van der Waals surface area (Å²) in [5, 5.41) is 0. The van der Waals surface area contributed by atoms with E-state index in [1.54, 1.807) is 6.92 Å². The Morgan fingerprint density at radius 1 is 0.640 bits per heavy atom. The lowest BCUT2D eigenvalue weighted by atomic mass is 9.95. The lowest BCUT2D eigenvalue weighted by molar-refractivity contribution is -0.128. The molecular formula is C23H48O2. The molecule has 0 aromatic carbocycles. The van der Waals surface area contributed by atoms with Gasteiger partial charge in [0.05, 0.1) is 6.61 Å². The Balaban J connectivity index is 0. The molecule has 0 aromatic heterocycles. The molecule has 0 fully saturated rings. The average molecular weight is 357 g/mol. The van der Waals surface area contributed by atoms with Gasteiger partial charge in [-0.05, 0) is 12.8 Å². The second-order valence-corrected chi connectivity index (χ2v) is 7.27.